The minimum absolute atomic E-state index is 0.185. The van der Waals surface area contributed by atoms with Crippen LogP contribution >= 0.6 is 0 Å². The second-order valence-electron chi connectivity index (χ2n) is 5.78. The number of nitrogens with one attached hydrogen (secondary N) is 1. The lowest BCUT2D eigenvalue weighted by Gasteiger charge is -2.20. The number of rotatable bonds is 6. The molecule has 1 N–H and O–H groups in total. The molecule has 1 aromatic rings. The number of hydrogen-bond donors (Lipinski definition) is 1. The second kappa shape index (κ2) is 7.34. The molecule has 19 heavy (non-hydrogen) atoms. The monoisotopic (exact) mass is 261 g/mol. The third kappa shape index (κ3) is 5.93. The summed E-state index contributed by atoms with van der Waals surface area (Å²) < 4.78 is 5.66. The van der Waals surface area contributed by atoms with E-state index in [1.165, 1.54) is 11.1 Å². The third-order valence-electron chi connectivity index (χ3n) is 2.86. The van der Waals surface area contributed by atoms with Crippen molar-refractivity contribution in [3.05, 3.63) is 35.9 Å². The fraction of sp³-hybridized carbons (Fsp3) is 0.529. The molecule has 0 heterocycles. The Balaban J connectivity index is 2.64. The zero-order valence-corrected chi connectivity index (χ0v) is 12.9. The maximum absolute atomic E-state index is 5.66. The van der Waals surface area contributed by atoms with E-state index in [0.717, 1.165) is 18.7 Å². The van der Waals surface area contributed by atoms with Gasteiger partial charge in [-0.2, -0.15) is 0 Å². The molecule has 0 atom stereocenters. The van der Waals surface area contributed by atoms with Crippen LogP contribution in [0.1, 0.15) is 46.6 Å². The van der Waals surface area contributed by atoms with Crippen molar-refractivity contribution in [1.29, 1.82) is 0 Å². The van der Waals surface area contributed by atoms with Gasteiger partial charge in [0.2, 0.25) is 0 Å². The zero-order valence-electron chi connectivity index (χ0n) is 12.9. The summed E-state index contributed by atoms with van der Waals surface area (Å²) in [6.07, 6.45) is 3.31. The molecule has 0 radical (unpaired) electrons. The summed E-state index contributed by atoms with van der Waals surface area (Å²) in [7, 11) is 0. The molecular formula is C17H27NO. The summed E-state index contributed by atoms with van der Waals surface area (Å²) in [5.41, 5.74) is 2.66. The Labute approximate surface area is 117 Å². The molecule has 0 aliphatic rings. The van der Waals surface area contributed by atoms with Gasteiger partial charge in [0.05, 0.1) is 6.61 Å². The van der Waals surface area contributed by atoms with E-state index < -0.39 is 0 Å². The summed E-state index contributed by atoms with van der Waals surface area (Å²) in [6, 6.07) is 8.23. The summed E-state index contributed by atoms with van der Waals surface area (Å²) in [5.74, 6) is 0.975. The molecule has 0 unspecified atom stereocenters. The Morgan fingerprint density at radius 2 is 1.95 bits per heavy atom. The number of para-hydroxylation sites is 1. The molecule has 2 nitrogen and oxygen atoms in total. The molecule has 1 aromatic carbocycles. The Morgan fingerprint density at radius 1 is 1.26 bits per heavy atom. The molecule has 0 aliphatic heterocycles. The van der Waals surface area contributed by atoms with Gasteiger partial charge in [-0.1, -0.05) is 24.3 Å². The number of allylic oxidation sites excluding steroid dienone is 1. The quantitative estimate of drug-likeness (QED) is 0.772. The fourth-order valence-electron chi connectivity index (χ4n) is 1.92. The molecule has 0 aliphatic carbocycles. The number of ether oxygens (including phenoxy) is 1. The van der Waals surface area contributed by atoms with Gasteiger partial charge >= 0.3 is 0 Å². The minimum Gasteiger partial charge on any atom is -0.493 e. The van der Waals surface area contributed by atoms with Crippen LogP contribution in [-0.4, -0.2) is 18.7 Å². The lowest BCUT2D eigenvalue weighted by atomic mass is 10.0. The van der Waals surface area contributed by atoms with Crippen molar-refractivity contribution >= 4 is 5.57 Å². The lowest BCUT2D eigenvalue weighted by Crippen LogP contribution is -2.36. The minimum atomic E-state index is 0.185. The standard InChI is InChI=1S/C17H27NO/c1-6-19-16-12-8-7-11-15(16)14(2)10-9-13-18-17(3,4)5/h7-8,10-12,18H,6,9,13H2,1-5H3. The van der Waals surface area contributed by atoms with Crippen molar-refractivity contribution in [2.45, 2.75) is 46.6 Å². The first-order valence-electron chi connectivity index (χ1n) is 7.08. The van der Waals surface area contributed by atoms with Crippen LogP contribution in [0.4, 0.5) is 0 Å². The first-order valence-corrected chi connectivity index (χ1v) is 7.08. The van der Waals surface area contributed by atoms with E-state index in [2.05, 4.69) is 51.2 Å². The molecular weight excluding hydrogens is 234 g/mol. The van der Waals surface area contributed by atoms with Crippen molar-refractivity contribution < 1.29 is 4.74 Å². The van der Waals surface area contributed by atoms with E-state index in [9.17, 15) is 0 Å². The highest BCUT2D eigenvalue weighted by Gasteiger charge is 2.07. The van der Waals surface area contributed by atoms with Gasteiger partial charge in [-0.3, -0.25) is 0 Å². The van der Waals surface area contributed by atoms with Crippen molar-refractivity contribution in [2.24, 2.45) is 0 Å². The van der Waals surface area contributed by atoms with Gasteiger partial charge in [0.25, 0.3) is 0 Å². The van der Waals surface area contributed by atoms with E-state index in [1.807, 2.05) is 19.1 Å². The molecule has 0 aromatic heterocycles. The summed E-state index contributed by atoms with van der Waals surface area (Å²) in [6.45, 7) is 12.4. The second-order valence-corrected chi connectivity index (χ2v) is 5.78. The molecule has 2 heteroatoms. The first-order chi connectivity index (χ1) is 8.94. The first kappa shape index (κ1) is 15.8. The van der Waals surface area contributed by atoms with Crippen LogP contribution in [0.15, 0.2) is 30.3 Å². The molecule has 0 saturated heterocycles. The smallest absolute Gasteiger partial charge is 0.126 e. The predicted molar refractivity (Wildman–Crippen MR) is 83.6 cm³/mol. The highest BCUT2D eigenvalue weighted by molar-refractivity contribution is 5.68. The van der Waals surface area contributed by atoms with Gasteiger partial charge in [-0.15, -0.1) is 0 Å². The lowest BCUT2D eigenvalue weighted by molar-refractivity contribution is 0.339. The molecule has 0 saturated carbocycles. The highest BCUT2D eigenvalue weighted by Crippen LogP contribution is 2.25. The van der Waals surface area contributed by atoms with Crippen LogP contribution in [0.3, 0.4) is 0 Å². The van der Waals surface area contributed by atoms with Gasteiger partial charge in [-0.25, -0.2) is 0 Å². The van der Waals surface area contributed by atoms with Gasteiger partial charge < -0.3 is 10.1 Å². The topological polar surface area (TPSA) is 21.3 Å². The normalized spacial score (nSPS) is 12.6. The Bertz CT molecular complexity index is 416. The zero-order chi connectivity index (χ0) is 14.3. The van der Waals surface area contributed by atoms with Crippen LogP contribution in [0.25, 0.3) is 5.57 Å². The molecule has 0 spiro atoms. The predicted octanol–water partition coefficient (Wildman–Crippen LogP) is 4.27. The number of hydrogen-bond acceptors (Lipinski definition) is 2. The van der Waals surface area contributed by atoms with Crippen molar-refractivity contribution in [3.8, 4) is 5.75 Å². The summed E-state index contributed by atoms with van der Waals surface area (Å²) in [5, 5.41) is 3.49. The van der Waals surface area contributed by atoms with Crippen molar-refractivity contribution in [3.63, 3.8) is 0 Å². The SMILES string of the molecule is CCOc1ccccc1C(C)=CCCNC(C)(C)C. The van der Waals surface area contributed by atoms with Crippen molar-refractivity contribution in [1.82, 2.24) is 5.32 Å². The summed E-state index contributed by atoms with van der Waals surface area (Å²) in [4.78, 5) is 0. The molecule has 0 amide bonds. The average molecular weight is 261 g/mol. The maximum atomic E-state index is 5.66. The van der Waals surface area contributed by atoms with Gasteiger partial charge in [0.15, 0.2) is 0 Å². The maximum Gasteiger partial charge on any atom is 0.126 e. The van der Waals surface area contributed by atoms with Crippen LogP contribution in [0.5, 0.6) is 5.75 Å². The van der Waals surface area contributed by atoms with Crippen LogP contribution < -0.4 is 10.1 Å². The number of benzene rings is 1. The van der Waals surface area contributed by atoms with E-state index in [4.69, 9.17) is 4.74 Å². The highest BCUT2D eigenvalue weighted by atomic mass is 16.5. The van der Waals surface area contributed by atoms with E-state index in [1.54, 1.807) is 0 Å². The average Bonchev–Trinajstić information content (AvgIpc) is 2.34. The van der Waals surface area contributed by atoms with E-state index >= 15 is 0 Å². The largest absolute Gasteiger partial charge is 0.493 e. The van der Waals surface area contributed by atoms with E-state index in [0.29, 0.717) is 6.61 Å². The molecule has 106 valence electrons. The van der Waals surface area contributed by atoms with Crippen LogP contribution in [-0.2, 0) is 0 Å². The molecule has 1 rings (SSSR count). The summed E-state index contributed by atoms with van der Waals surface area (Å²) >= 11 is 0. The Morgan fingerprint density at radius 3 is 2.58 bits per heavy atom. The fourth-order valence-corrected chi connectivity index (χ4v) is 1.92. The Hall–Kier alpha value is -1.28. The third-order valence-corrected chi connectivity index (χ3v) is 2.86. The van der Waals surface area contributed by atoms with Gasteiger partial charge in [0, 0.05) is 11.1 Å². The Kier molecular flexibility index (Phi) is 6.10. The van der Waals surface area contributed by atoms with Gasteiger partial charge in [0.1, 0.15) is 5.75 Å². The van der Waals surface area contributed by atoms with Crippen LogP contribution in [0.2, 0.25) is 0 Å². The van der Waals surface area contributed by atoms with E-state index in [-0.39, 0.29) is 5.54 Å². The van der Waals surface area contributed by atoms with Crippen molar-refractivity contribution in [2.75, 3.05) is 13.2 Å². The van der Waals surface area contributed by atoms with Gasteiger partial charge in [-0.05, 0) is 59.2 Å². The molecule has 0 fully saturated rings. The molecule has 0 bridgehead atoms. The van der Waals surface area contributed by atoms with Crippen LogP contribution in [0, 0.1) is 0 Å².